The van der Waals surface area contributed by atoms with Crippen molar-refractivity contribution in [1.82, 2.24) is 0 Å². The Morgan fingerprint density at radius 2 is 1.10 bits per heavy atom. The zero-order chi connectivity index (χ0) is 34.8. The summed E-state index contributed by atoms with van der Waals surface area (Å²) in [5.41, 5.74) is 5.51. The van der Waals surface area contributed by atoms with Crippen LogP contribution in [0.25, 0.3) is 11.1 Å². The first-order valence-electron chi connectivity index (χ1n) is 14.6. The van der Waals surface area contributed by atoms with Crippen LogP contribution >= 0.6 is 0 Å². The van der Waals surface area contributed by atoms with Crippen LogP contribution in [0.15, 0.2) is 116 Å². The molecule has 0 aliphatic carbocycles. The van der Waals surface area contributed by atoms with Gasteiger partial charge < -0.3 is 18.9 Å². The summed E-state index contributed by atoms with van der Waals surface area (Å²) < 4.78 is 22.0. The summed E-state index contributed by atoms with van der Waals surface area (Å²) in [5.74, 6) is 12.0. The van der Waals surface area contributed by atoms with Crippen LogP contribution in [-0.2, 0) is 14.4 Å². The van der Waals surface area contributed by atoms with Crippen molar-refractivity contribution in [1.29, 1.82) is 0 Å². The van der Waals surface area contributed by atoms with Gasteiger partial charge in [-0.1, -0.05) is 55.6 Å². The number of esters is 3. The smallest absolute Gasteiger partial charge is 0.338 e. The molecule has 4 aromatic carbocycles. The van der Waals surface area contributed by atoms with E-state index < -0.39 is 17.9 Å². The van der Waals surface area contributed by atoms with E-state index in [1.54, 1.807) is 62.4 Å². The maximum atomic E-state index is 12.7. The molecule has 238 valence electrons. The molecular formula is C41H32O7. The van der Waals surface area contributed by atoms with Crippen LogP contribution in [0.3, 0.4) is 0 Å². The topological polar surface area (TPSA) is 88.1 Å². The van der Waals surface area contributed by atoms with Gasteiger partial charge in [0.05, 0.1) is 12.7 Å². The zero-order valence-corrected chi connectivity index (χ0v) is 27.1. The summed E-state index contributed by atoms with van der Waals surface area (Å²) >= 11 is 0. The molecular weight excluding hydrogens is 604 g/mol. The molecule has 0 heterocycles. The molecule has 0 atom stereocenters. The van der Waals surface area contributed by atoms with Gasteiger partial charge in [0.2, 0.25) is 0 Å². The second-order valence-electron chi connectivity index (χ2n) is 10.6. The van der Waals surface area contributed by atoms with Gasteiger partial charge in [0.1, 0.15) is 11.5 Å². The van der Waals surface area contributed by atoms with Crippen molar-refractivity contribution in [3.8, 4) is 57.8 Å². The number of aryl methyl sites for hydroxylation is 1. The molecule has 7 heteroatoms. The summed E-state index contributed by atoms with van der Waals surface area (Å²) in [5, 5.41) is 0. The van der Waals surface area contributed by atoms with Gasteiger partial charge in [0, 0.05) is 39.5 Å². The first-order chi connectivity index (χ1) is 23.0. The van der Waals surface area contributed by atoms with Crippen molar-refractivity contribution >= 4 is 17.9 Å². The van der Waals surface area contributed by atoms with Gasteiger partial charge in [0.25, 0.3) is 0 Å². The normalized spacial score (nSPS) is 9.83. The van der Waals surface area contributed by atoms with Crippen molar-refractivity contribution in [3.63, 3.8) is 0 Å². The Morgan fingerprint density at radius 1 is 0.646 bits per heavy atom. The molecule has 0 N–H and O–H groups in total. The van der Waals surface area contributed by atoms with E-state index in [0.717, 1.165) is 33.9 Å². The fourth-order valence-electron chi connectivity index (χ4n) is 4.27. The van der Waals surface area contributed by atoms with Gasteiger partial charge >= 0.3 is 17.9 Å². The molecule has 0 spiro atoms. The minimum Gasteiger partial charge on any atom is -0.492 e. The maximum absolute atomic E-state index is 12.7. The Morgan fingerprint density at radius 3 is 1.58 bits per heavy atom. The molecule has 0 saturated carbocycles. The monoisotopic (exact) mass is 636 g/mol. The summed E-state index contributed by atoms with van der Waals surface area (Å²) in [6, 6.07) is 23.0. The highest BCUT2D eigenvalue weighted by Gasteiger charge is 2.22. The lowest BCUT2D eigenvalue weighted by atomic mass is 9.95. The molecule has 4 rings (SSSR count). The number of ether oxygens (including phenoxy) is 4. The van der Waals surface area contributed by atoms with E-state index in [1.165, 1.54) is 7.11 Å². The van der Waals surface area contributed by atoms with E-state index in [9.17, 15) is 14.4 Å². The minimum atomic E-state index is -0.618. The first kappa shape index (κ1) is 34.3. The molecule has 0 aromatic heterocycles. The Labute approximate surface area is 280 Å². The van der Waals surface area contributed by atoms with Crippen molar-refractivity contribution in [2.75, 3.05) is 7.11 Å². The van der Waals surface area contributed by atoms with Crippen LogP contribution in [0.5, 0.6) is 23.0 Å². The Balaban J connectivity index is 1.65. The molecule has 7 nitrogen and oxygen atoms in total. The fraction of sp³-hybridized carbons (Fsp3) is 0.0976. The predicted molar refractivity (Wildman–Crippen MR) is 185 cm³/mol. The van der Waals surface area contributed by atoms with Crippen LogP contribution in [-0.4, -0.2) is 25.0 Å². The standard InChI is InChI=1S/C41H32O7/c1-8-36(42)46-34-21-14-31(15-22-34)13-20-33-25-28(6)37(39(45-7)38(33)48-41(44)27(4)5)32-18-11-29(12-19-32)9-10-30-16-23-35(24-17-30)47-40(43)26(2)3/h8,11-12,14-19,21-25H,1-2,4H2,3,5-7H3. The lowest BCUT2D eigenvalue weighted by Gasteiger charge is -2.18. The largest absolute Gasteiger partial charge is 0.492 e. The molecule has 0 unspecified atom stereocenters. The molecule has 0 radical (unpaired) electrons. The second kappa shape index (κ2) is 15.6. The molecule has 4 aromatic rings. The van der Waals surface area contributed by atoms with Crippen LogP contribution in [0, 0.1) is 30.6 Å². The van der Waals surface area contributed by atoms with E-state index in [2.05, 4.69) is 43.4 Å². The summed E-state index contributed by atoms with van der Waals surface area (Å²) in [6.45, 7) is 15.7. The van der Waals surface area contributed by atoms with Gasteiger partial charge in [-0.05, 0) is 98.6 Å². The third-order valence-electron chi connectivity index (χ3n) is 6.70. The van der Waals surface area contributed by atoms with Gasteiger partial charge in [-0.2, -0.15) is 0 Å². The van der Waals surface area contributed by atoms with Crippen LogP contribution in [0.2, 0.25) is 0 Å². The van der Waals surface area contributed by atoms with E-state index in [4.69, 9.17) is 18.9 Å². The van der Waals surface area contributed by atoms with Crippen molar-refractivity contribution in [2.24, 2.45) is 0 Å². The third kappa shape index (κ3) is 8.78. The van der Waals surface area contributed by atoms with Crippen LogP contribution in [0.1, 0.15) is 41.7 Å². The molecule has 0 bridgehead atoms. The summed E-state index contributed by atoms with van der Waals surface area (Å²) in [7, 11) is 1.50. The van der Waals surface area contributed by atoms with Gasteiger partial charge in [-0.3, -0.25) is 0 Å². The fourth-order valence-corrected chi connectivity index (χ4v) is 4.27. The lowest BCUT2D eigenvalue weighted by Crippen LogP contribution is -2.11. The molecule has 0 aliphatic heterocycles. The molecule has 0 fully saturated rings. The third-order valence-corrected chi connectivity index (χ3v) is 6.70. The van der Waals surface area contributed by atoms with E-state index in [-0.39, 0.29) is 11.3 Å². The number of carbonyl (C=O) groups is 3. The number of benzene rings is 4. The van der Waals surface area contributed by atoms with Gasteiger partial charge in [-0.25, -0.2) is 14.4 Å². The highest BCUT2D eigenvalue weighted by atomic mass is 16.6. The number of methoxy groups -OCH3 is 1. The maximum Gasteiger partial charge on any atom is 0.338 e. The van der Waals surface area contributed by atoms with E-state index in [1.807, 2.05) is 37.3 Å². The number of hydrogen-bond acceptors (Lipinski definition) is 7. The van der Waals surface area contributed by atoms with Crippen molar-refractivity contribution in [3.05, 3.63) is 144 Å². The van der Waals surface area contributed by atoms with Crippen molar-refractivity contribution in [2.45, 2.75) is 20.8 Å². The Bertz CT molecular complexity index is 2040. The lowest BCUT2D eigenvalue weighted by molar-refractivity contribution is -0.131. The molecule has 0 amide bonds. The first-order valence-corrected chi connectivity index (χ1v) is 14.6. The number of rotatable bonds is 8. The average molecular weight is 637 g/mol. The summed E-state index contributed by atoms with van der Waals surface area (Å²) in [6.07, 6.45) is 1.08. The second-order valence-corrected chi connectivity index (χ2v) is 10.6. The minimum absolute atomic E-state index is 0.163. The van der Waals surface area contributed by atoms with E-state index in [0.29, 0.717) is 33.9 Å². The van der Waals surface area contributed by atoms with Crippen molar-refractivity contribution < 1.29 is 33.3 Å². The Kier molecular flexibility index (Phi) is 11.2. The molecule has 48 heavy (non-hydrogen) atoms. The molecule has 0 aliphatic rings. The van der Waals surface area contributed by atoms with Gasteiger partial charge in [-0.15, -0.1) is 0 Å². The Hall–Kier alpha value is -6.57. The van der Waals surface area contributed by atoms with E-state index >= 15 is 0 Å². The summed E-state index contributed by atoms with van der Waals surface area (Å²) in [4.78, 5) is 35.9. The average Bonchev–Trinajstić information content (AvgIpc) is 3.08. The van der Waals surface area contributed by atoms with Crippen LogP contribution < -0.4 is 18.9 Å². The van der Waals surface area contributed by atoms with Gasteiger partial charge in [0.15, 0.2) is 11.5 Å². The quantitative estimate of drug-likeness (QED) is 0.0856. The SMILES string of the molecule is C=CC(=O)Oc1ccc(C#Cc2cc(C)c(-c3ccc(C#Cc4ccc(OC(=O)C(=C)C)cc4)cc3)c(OC)c2OC(=O)C(=C)C)cc1. The molecule has 0 saturated heterocycles. The predicted octanol–water partition coefficient (Wildman–Crippen LogP) is 7.52. The number of carbonyl (C=O) groups excluding carboxylic acids is 3. The number of hydrogen-bond donors (Lipinski definition) is 0. The highest BCUT2D eigenvalue weighted by molar-refractivity contribution is 5.91. The zero-order valence-electron chi connectivity index (χ0n) is 27.1. The highest BCUT2D eigenvalue weighted by Crippen LogP contribution is 2.43. The van der Waals surface area contributed by atoms with Crippen LogP contribution in [0.4, 0.5) is 0 Å².